The summed E-state index contributed by atoms with van der Waals surface area (Å²) in [7, 11) is 0. The van der Waals surface area contributed by atoms with Crippen LogP contribution in [0.3, 0.4) is 0 Å². The molecule has 0 fully saturated rings. The van der Waals surface area contributed by atoms with Gasteiger partial charge in [0.2, 0.25) is 0 Å². The average molecular weight is 240 g/mol. The summed E-state index contributed by atoms with van der Waals surface area (Å²) in [4.78, 5) is 0. The number of anilines is 1. The lowest BCUT2D eigenvalue weighted by atomic mass is 10.1. The van der Waals surface area contributed by atoms with Crippen LogP contribution in [0.15, 0.2) is 48.5 Å². The largest absolute Gasteiger partial charge is 0.399 e. The van der Waals surface area contributed by atoms with Crippen molar-refractivity contribution in [3.8, 4) is 0 Å². The molecule has 3 N–H and O–H groups in total. The molecule has 0 amide bonds. The van der Waals surface area contributed by atoms with E-state index in [9.17, 15) is 0 Å². The first kappa shape index (κ1) is 12.7. The fraction of sp³-hybridized carbons (Fsp3) is 0.250. The number of nitrogens with two attached hydrogens (primary N) is 1. The van der Waals surface area contributed by atoms with Crippen LogP contribution in [0, 0.1) is 6.92 Å². The summed E-state index contributed by atoms with van der Waals surface area (Å²) in [6.45, 7) is 4.05. The predicted octanol–water partition coefficient (Wildman–Crippen LogP) is 2.91. The number of benzene rings is 2. The van der Waals surface area contributed by atoms with Gasteiger partial charge in [0.15, 0.2) is 0 Å². The Bertz CT molecular complexity index is 489. The summed E-state index contributed by atoms with van der Waals surface area (Å²) in [5, 5.41) is 3.46. The molecule has 2 aromatic rings. The molecule has 0 unspecified atom stereocenters. The number of nitrogen functional groups attached to an aromatic ring is 1. The first-order valence-corrected chi connectivity index (χ1v) is 6.35. The second kappa shape index (κ2) is 6.22. The standard InChI is InChI=1S/C16H20N2/c1-13-4-2-3-5-15(13)10-11-18-12-14-6-8-16(17)9-7-14/h2-9,18H,10-12,17H2,1H3. The third-order valence-electron chi connectivity index (χ3n) is 3.14. The third kappa shape index (κ3) is 3.60. The maximum Gasteiger partial charge on any atom is 0.0314 e. The highest BCUT2D eigenvalue weighted by molar-refractivity contribution is 5.39. The molecule has 0 aromatic heterocycles. The Balaban J connectivity index is 1.76. The zero-order valence-electron chi connectivity index (χ0n) is 10.8. The topological polar surface area (TPSA) is 38.0 Å². The van der Waals surface area contributed by atoms with Crippen LogP contribution >= 0.6 is 0 Å². The maximum atomic E-state index is 5.65. The van der Waals surface area contributed by atoms with Gasteiger partial charge < -0.3 is 11.1 Å². The van der Waals surface area contributed by atoms with E-state index < -0.39 is 0 Å². The van der Waals surface area contributed by atoms with Crippen molar-refractivity contribution in [3.05, 3.63) is 65.2 Å². The van der Waals surface area contributed by atoms with Crippen LogP contribution in [-0.2, 0) is 13.0 Å². The van der Waals surface area contributed by atoms with Crippen molar-refractivity contribution in [2.24, 2.45) is 0 Å². The molecule has 0 saturated carbocycles. The van der Waals surface area contributed by atoms with Crippen LogP contribution in [0.4, 0.5) is 5.69 Å². The van der Waals surface area contributed by atoms with Crippen LogP contribution in [0.5, 0.6) is 0 Å². The van der Waals surface area contributed by atoms with Crippen molar-refractivity contribution < 1.29 is 0 Å². The van der Waals surface area contributed by atoms with E-state index in [1.165, 1.54) is 16.7 Å². The van der Waals surface area contributed by atoms with Gasteiger partial charge in [-0.3, -0.25) is 0 Å². The van der Waals surface area contributed by atoms with E-state index >= 15 is 0 Å². The van der Waals surface area contributed by atoms with Crippen molar-refractivity contribution in [2.45, 2.75) is 19.9 Å². The normalized spacial score (nSPS) is 10.5. The van der Waals surface area contributed by atoms with Crippen LogP contribution in [0.1, 0.15) is 16.7 Å². The second-order valence-corrected chi connectivity index (χ2v) is 4.59. The van der Waals surface area contributed by atoms with Crippen LogP contribution in [0.25, 0.3) is 0 Å². The highest BCUT2D eigenvalue weighted by Crippen LogP contribution is 2.07. The lowest BCUT2D eigenvalue weighted by Gasteiger charge is -2.07. The van der Waals surface area contributed by atoms with Gasteiger partial charge in [-0.05, 0) is 48.7 Å². The third-order valence-corrected chi connectivity index (χ3v) is 3.14. The van der Waals surface area contributed by atoms with E-state index in [0.29, 0.717) is 0 Å². The average Bonchev–Trinajstić information content (AvgIpc) is 2.39. The number of hydrogen-bond donors (Lipinski definition) is 2. The Morgan fingerprint density at radius 2 is 1.72 bits per heavy atom. The van der Waals surface area contributed by atoms with Gasteiger partial charge in [-0.1, -0.05) is 36.4 Å². The van der Waals surface area contributed by atoms with E-state index in [1.54, 1.807) is 0 Å². The summed E-state index contributed by atoms with van der Waals surface area (Å²) in [6.07, 6.45) is 1.07. The van der Waals surface area contributed by atoms with E-state index in [2.05, 4.69) is 48.6 Å². The fourth-order valence-electron chi connectivity index (χ4n) is 1.98. The molecule has 0 aliphatic carbocycles. The van der Waals surface area contributed by atoms with E-state index in [1.807, 2.05) is 12.1 Å². The smallest absolute Gasteiger partial charge is 0.0314 e. The molecule has 0 spiro atoms. The summed E-state index contributed by atoms with van der Waals surface area (Å²) in [5.74, 6) is 0. The van der Waals surface area contributed by atoms with Crippen LogP contribution < -0.4 is 11.1 Å². The summed E-state index contributed by atoms with van der Waals surface area (Å²) in [5.41, 5.74) is 10.5. The minimum absolute atomic E-state index is 0.818. The number of aryl methyl sites for hydroxylation is 1. The molecule has 2 heteroatoms. The summed E-state index contributed by atoms with van der Waals surface area (Å²) < 4.78 is 0. The van der Waals surface area contributed by atoms with Crippen LogP contribution in [-0.4, -0.2) is 6.54 Å². The minimum atomic E-state index is 0.818. The molecule has 0 radical (unpaired) electrons. The van der Waals surface area contributed by atoms with Crippen LogP contribution in [0.2, 0.25) is 0 Å². The van der Waals surface area contributed by atoms with Gasteiger partial charge >= 0.3 is 0 Å². The van der Waals surface area contributed by atoms with Crippen molar-refractivity contribution in [2.75, 3.05) is 12.3 Å². The molecule has 2 nitrogen and oxygen atoms in total. The highest BCUT2D eigenvalue weighted by Gasteiger charge is 1.97. The SMILES string of the molecule is Cc1ccccc1CCNCc1ccc(N)cc1. The van der Waals surface area contributed by atoms with Gasteiger partial charge in [-0.25, -0.2) is 0 Å². The Hall–Kier alpha value is -1.80. The highest BCUT2D eigenvalue weighted by atomic mass is 14.8. The van der Waals surface area contributed by atoms with Crippen molar-refractivity contribution >= 4 is 5.69 Å². The van der Waals surface area contributed by atoms with Gasteiger partial charge in [-0.2, -0.15) is 0 Å². The Morgan fingerprint density at radius 1 is 1.00 bits per heavy atom. The lowest BCUT2D eigenvalue weighted by Crippen LogP contribution is -2.17. The van der Waals surface area contributed by atoms with Gasteiger partial charge in [0.05, 0.1) is 0 Å². The first-order chi connectivity index (χ1) is 8.75. The first-order valence-electron chi connectivity index (χ1n) is 6.35. The molecular weight excluding hydrogens is 220 g/mol. The van der Waals surface area contributed by atoms with Crippen molar-refractivity contribution in [1.29, 1.82) is 0 Å². The summed E-state index contributed by atoms with van der Waals surface area (Å²) in [6, 6.07) is 16.6. The van der Waals surface area contributed by atoms with Crippen molar-refractivity contribution in [3.63, 3.8) is 0 Å². The monoisotopic (exact) mass is 240 g/mol. The van der Waals surface area contributed by atoms with E-state index in [4.69, 9.17) is 5.73 Å². The van der Waals surface area contributed by atoms with Gasteiger partial charge in [0.25, 0.3) is 0 Å². The molecule has 2 aromatic carbocycles. The Morgan fingerprint density at radius 3 is 2.44 bits per heavy atom. The summed E-state index contributed by atoms with van der Waals surface area (Å²) >= 11 is 0. The quantitative estimate of drug-likeness (QED) is 0.623. The van der Waals surface area contributed by atoms with Gasteiger partial charge in [-0.15, -0.1) is 0 Å². The van der Waals surface area contributed by atoms with E-state index in [0.717, 1.165) is 25.2 Å². The molecule has 2 rings (SSSR count). The predicted molar refractivity (Wildman–Crippen MR) is 77.4 cm³/mol. The number of rotatable bonds is 5. The molecule has 94 valence electrons. The molecule has 0 saturated heterocycles. The number of nitrogens with one attached hydrogen (secondary N) is 1. The number of hydrogen-bond acceptors (Lipinski definition) is 2. The molecule has 0 aliphatic heterocycles. The fourth-order valence-corrected chi connectivity index (χ4v) is 1.98. The van der Waals surface area contributed by atoms with Gasteiger partial charge in [0.1, 0.15) is 0 Å². The lowest BCUT2D eigenvalue weighted by molar-refractivity contribution is 0.685. The molecule has 0 heterocycles. The molecule has 18 heavy (non-hydrogen) atoms. The Kier molecular flexibility index (Phi) is 4.37. The molecular formula is C16H20N2. The Labute approximate surface area is 109 Å². The van der Waals surface area contributed by atoms with Crippen molar-refractivity contribution in [1.82, 2.24) is 5.32 Å². The zero-order valence-corrected chi connectivity index (χ0v) is 10.8. The van der Waals surface area contributed by atoms with Gasteiger partial charge in [0, 0.05) is 12.2 Å². The maximum absolute atomic E-state index is 5.65. The van der Waals surface area contributed by atoms with E-state index in [-0.39, 0.29) is 0 Å². The molecule has 0 bridgehead atoms. The molecule has 0 aliphatic rings. The molecule has 0 atom stereocenters. The minimum Gasteiger partial charge on any atom is -0.399 e. The second-order valence-electron chi connectivity index (χ2n) is 4.59. The zero-order chi connectivity index (χ0) is 12.8.